The van der Waals surface area contributed by atoms with E-state index in [4.69, 9.17) is 9.84 Å². The smallest absolute Gasteiger partial charge is 0.119 e. The summed E-state index contributed by atoms with van der Waals surface area (Å²) in [5, 5.41) is 12.0. The van der Waals surface area contributed by atoms with Crippen molar-refractivity contribution < 1.29 is 9.84 Å². The van der Waals surface area contributed by atoms with E-state index in [-0.39, 0.29) is 6.61 Å². The van der Waals surface area contributed by atoms with Crippen LogP contribution in [-0.2, 0) is 6.54 Å². The number of aliphatic hydroxyl groups excluding tert-OH is 1. The van der Waals surface area contributed by atoms with Crippen LogP contribution in [0.4, 0.5) is 0 Å². The molecule has 0 saturated carbocycles. The van der Waals surface area contributed by atoms with Crippen molar-refractivity contribution in [2.24, 2.45) is 0 Å². The quantitative estimate of drug-likeness (QED) is 0.844. The van der Waals surface area contributed by atoms with Gasteiger partial charge in [-0.05, 0) is 23.8 Å². The highest BCUT2D eigenvalue weighted by atomic mass is 79.9. The van der Waals surface area contributed by atoms with Gasteiger partial charge in [-0.25, -0.2) is 0 Å². The molecular formula is C12H18BrNO2. The molecule has 0 unspecified atom stereocenters. The molecule has 2 N–H and O–H groups in total. The number of nitrogens with one attached hydrogen (secondary N) is 1. The van der Waals surface area contributed by atoms with Gasteiger partial charge in [-0.1, -0.05) is 29.8 Å². The summed E-state index contributed by atoms with van der Waals surface area (Å²) in [6.45, 7) is 5.39. The lowest BCUT2D eigenvalue weighted by Gasteiger charge is -2.11. The molecule has 0 bridgehead atoms. The van der Waals surface area contributed by atoms with Crippen molar-refractivity contribution >= 4 is 15.9 Å². The van der Waals surface area contributed by atoms with Crippen molar-refractivity contribution in [1.29, 1.82) is 0 Å². The fraction of sp³-hybridized carbons (Fsp3) is 0.500. The largest absolute Gasteiger partial charge is 0.491 e. The van der Waals surface area contributed by atoms with E-state index in [9.17, 15) is 0 Å². The van der Waals surface area contributed by atoms with Crippen LogP contribution in [0.15, 0.2) is 22.7 Å². The molecule has 3 nitrogen and oxygen atoms in total. The summed E-state index contributed by atoms with van der Waals surface area (Å²) in [7, 11) is 0. The number of rotatable bonds is 6. The van der Waals surface area contributed by atoms with E-state index in [1.807, 2.05) is 18.2 Å². The number of hydrogen-bond donors (Lipinski definition) is 2. The van der Waals surface area contributed by atoms with E-state index in [1.54, 1.807) is 0 Å². The zero-order valence-corrected chi connectivity index (χ0v) is 11.3. The van der Waals surface area contributed by atoms with Crippen LogP contribution in [0, 0.1) is 0 Å². The second-order valence-electron chi connectivity index (χ2n) is 3.86. The van der Waals surface area contributed by atoms with E-state index >= 15 is 0 Å². The topological polar surface area (TPSA) is 41.5 Å². The number of benzene rings is 1. The lowest BCUT2D eigenvalue weighted by atomic mass is 10.2. The van der Waals surface area contributed by atoms with E-state index < -0.39 is 0 Å². The van der Waals surface area contributed by atoms with Gasteiger partial charge in [0.05, 0.1) is 6.61 Å². The number of hydrogen-bond acceptors (Lipinski definition) is 3. The highest BCUT2D eigenvalue weighted by Gasteiger charge is 2.03. The van der Waals surface area contributed by atoms with Crippen LogP contribution < -0.4 is 10.1 Å². The third-order valence-corrected chi connectivity index (χ3v) is 2.85. The Morgan fingerprint density at radius 3 is 2.81 bits per heavy atom. The van der Waals surface area contributed by atoms with Gasteiger partial charge in [0.25, 0.3) is 0 Å². The van der Waals surface area contributed by atoms with Gasteiger partial charge in [-0.2, -0.15) is 0 Å². The molecule has 1 aromatic rings. The Labute approximate surface area is 105 Å². The van der Waals surface area contributed by atoms with Crippen LogP contribution in [0.5, 0.6) is 5.75 Å². The highest BCUT2D eigenvalue weighted by Crippen LogP contribution is 2.22. The summed E-state index contributed by atoms with van der Waals surface area (Å²) < 4.78 is 6.43. The van der Waals surface area contributed by atoms with Crippen LogP contribution >= 0.6 is 15.9 Å². The predicted octanol–water partition coefficient (Wildman–Crippen LogP) is 2.32. The Kier molecular flexibility index (Phi) is 5.80. The van der Waals surface area contributed by atoms with E-state index in [1.165, 1.54) is 0 Å². The standard InChI is InChI=1S/C12H18BrNO2/c1-9(2)14-8-10-7-11(16-6-5-15)3-4-12(10)13/h3-4,7,9,14-15H,5-6,8H2,1-2H3. The number of halogens is 1. The Balaban J connectivity index is 2.66. The predicted molar refractivity (Wildman–Crippen MR) is 68.7 cm³/mol. The van der Waals surface area contributed by atoms with Gasteiger partial charge in [0, 0.05) is 17.1 Å². The summed E-state index contributed by atoms with van der Waals surface area (Å²) in [6.07, 6.45) is 0. The summed E-state index contributed by atoms with van der Waals surface area (Å²) in [5.74, 6) is 0.790. The molecule has 0 aliphatic rings. The molecule has 0 radical (unpaired) electrons. The average Bonchev–Trinajstić information content (AvgIpc) is 2.26. The zero-order valence-electron chi connectivity index (χ0n) is 9.66. The summed E-state index contributed by atoms with van der Waals surface area (Å²) >= 11 is 3.50. The first-order valence-corrected chi connectivity index (χ1v) is 6.18. The van der Waals surface area contributed by atoms with Crippen molar-refractivity contribution in [3.63, 3.8) is 0 Å². The van der Waals surface area contributed by atoms with E-state index in [0.717, 1.165) is 22.3 Å². The highest BCUT2D eigenvalue weighted by molar-refractivity contribution is 9.10. The second kappa shape index (κ2) is 6.89. The van der Waals surface area contributed by atoms with Crippen molar-refractivity contribution in [2.45, 2.75) is 26.4 Å². The monoisotopic (exact) mass is 287 g/mol. The summed E-state index contributed by atoms with van der Waals surface area (Å²) in [4.78, 5) is 0. The third kappa shape index (κ3) is 4.51. The van der Waals surface area contributed by atoms with E-state index in [2.05, 4.69) is 35.1 Å². The molecule has 0 spiro atoms. The van der Waals surface area contributed by atoms with Crippen molar-refractivity contribution in [1.82, 2.24) is 5.32 Å². The molecule has 16 heavy (non-hydrogen) atoms. The van der Waals surface area contributed by atoms with Gasteiger partial charge in [0.15, 0.2) is 0 Å². The molecule has 0 saturated heterocycles. The maximum atomic E-state index is 8.68. The minimum atomic E-state index is 0.0373. The molecular weight excluding hydrogens is 270 g/mol. The zero-order chi connectivity index (χ0) is 12.0. The minimum absolute atomic E-state index is 0.0373. The van der Waals surface area contributed by atoms with Gasteiger partial charge in [-0.3, -0.25) is 0 Å². The van der Waals surface area contributed by atoms with Crippen LogP contribution in [0.25, 0.3) is 0 Å². The molecule has 0 fully saturated rings. The van der Waals surface area contributed by atoms with Crippen molar-refractivity contribution in [3.05, 3.63) is 28.2 Å². The lowest BCUT2D eigenvalue weighted by Crippen LogP contribution is -2.22. The van der Waals surface area contributed by atoms with Gasteiger partial charge in [0.2, 0.25) is 0 Å². The normalized spacial score (nSPS) is 10.8. The molecule has 1 aromatic carbocycles. The Hall–Kier alpha value is -0.580. The van der Waals surface area contributed by atoms with Crippen LogP contribution in [0.3, 0.4) is 0 Å². The van der Waals surface area contributed by atoms with Gasteiger partial charge in [-0.15, -0.1) is 0 Å². The molecule has 4 heteroatoms. The Bertz CT molecular complexity index is 329. The maximum absolute atomic E-state index is 8.68. The molecule has 0 aliphatic heterocycles. The maximum Gasteiger partial charge on any atom is 0.119 e. The third-order valence-electron chi connectivity index (χ3n) is 2.08. The summed E-state index contributed by atoms with van der Waals surface area (Å²) in [6, 6.07) is 6.28. The SMILES string of the molecule is CC(C)NCc1cc(OCCO)ccc1Br. The van der Waals surface area contributed by atoms with Crippen LogP contribution in [-0.4, -0.2) is 24.4 Å². The Morgan fingerprint density at radius 2 is 2.19 bits per heavy atom. The first-order valence-electron chi connectivity index (χ1n) is 5.39. The van der Waals surface area contributed by atoms with Gasteiger partial charge in [0.1, 0.15) is 12.4 Å². The Morgan fingerprint density at radius 1 is 1.44 bits per heavy atom. The molecule has 0 amide bonds. The molecule has 90 valence electrons. The first kappa shape index (κ1) is 13.5. The van der Waals surface area contributed by atoms with Gasteiger partial charge < -0.3 is 15.2 Å². The van der Waals surface area contributed by atoms with Crippen molar-refractivity contribution in [2.75, 3.05) is 13.2 Å². The van der Waals surface area contributed by atoms with Crippen LogP contribution in [0.1, 0.15) is 19.4 Å². The number of ether oxygens (including phenoxy) is 1. The minimum Gasteiger partial charge on any atom is -0.491 e. The first-order chi connectivity index (χ1) is 7.63. The average molecular weight is 288 g/mol. The molecule has 0 aromatic heterocycles. The van der Waals surface area contributed by atoms with Crippen molar-refractivity contribution in [3.8, 4) is 5.75 Å². The van der Waals surface area contributed by atoms with E-state index in [0.29, 0.717) is 12.6 Å². The molecule has 0 aliphatic carbocycles. The fourth-order valence-corrected chi connectivity index (χ4v) is 1.64. The molecule has 0 heterocycles. The summed E-state index contributed by atoms with van der Waals surface area (Å²) in [5.41, 5.74) is 1.16. The lowest BCUT2D eigenvalue weighted by molar-refractivity contribution is 0.201. The van der Waals surface area contributed by atoms with Gasteiger partial charge >= 0.3 is 0 Å². The second-order valence-corrected chi connectivity index (χ2v) is 4.72. The van der Waals surface area contributed by atoms with Crippen LogP contribution in [0.2, 0.25) is 0 Å². The molecule has 0 atom stereocenters. The molecule has 1 rings (SSSR count). The number of aliphatic hydroxyl groups is 1. The fourth-order valence-electron chi connectivity index (χ4n) is 1.25.